The maximum Gasteiger partial charge on any atom is 0.271 e. The number of hydrogen-bond acceptors (Lipinski definition) is 6. The molecule has 0 aliphatic heterocycles. The van der Waals surface area contributed by atoms with Crippen molar-refractivity contribution < 1.29 is 14.5 Å². The van der Waals surface area contributed by atoms with Crippen LogP contribution in [0.25, 0.3) is 0 Å². The molecule has 0 unspecified atom stereocenters. The van der Waals surface area contributed by atoms with Gasteiger partial charge in [0.2, 0.25) is 0 Å². The van der Waals surface area contributed by atoms with E-state index in [1.165, 1.54) is 18.3 Å². The van der Waals surface area contributed by atoms with E-state index in [0.717, 1.165) is 6.07 Å². The van der Waals surface area contributed by atoms with Gasteiger partial charge in [0.25, 0.3) is 11.6 Å². The minimum atomic E-state index is -0.578. The van der Waals surface area contributed by atoms with E-state index < -0.39 is 4.92 Å². The number of amides is 1. The first kappa shape index (κ1) is 19.3. The van der Waals surface area contributed by atoms with Crippen molar-refractivity contribution in [2.75, 3.05) is 0 Å². The molecule has 3 aromatic carbocycles. The van der Waals surface area contributed by atoms with E-state index in [9.17, 15) is 20.2 Å². The van der Waals surface area contributed by atoms with Crippen LogP contribution in [0.4, 0.5) is 5.69 Å². The molecule has 1 amide bonds. The quantitative estimate of drug-likeness (QED) is 0.390. The van der Waals surface area contributed by atoms with Crippen LogP contribution in [0.3, 0.4) is 0 Å². The number of benzene rings is 3. The molecule has 0 aliphatic carbocycles. The summed E-state index contributed by atoms with van der Waals surface area (Å²) >= 11 is 0. The Morgan fingerprint density at radius 1 is 1.10 bits per heavy atom. The van der Waals surface area contributed by atoms with E-state index in [-0.39, 0.29) is 22.9 Å². The van der Waals surface area contributed by atoms with E-state index in [2.05, 4.69) is 10.5 Å². The van der Waals surface area contributed by atoms with Crippen LogP contribution in [0.2, 0.25) is 0 Å². The number of nitro groups is 1. The molecular formula is C21H14N4O4. The number of non-ortho nitro benzene ring substituents is 1. The highest BCUT2D eigenvalue weighted by Crippen LogP contribution is 2.28. The Morgan fingerprint density at radius 3 is 2.62 bits per heavy atom. The second kappa shape index (κ2) is 8.92. The smallest absolute Gasteiger partial charge is 0.271 e. The summed E-state index contributed by atoms with van der Waals surface area (Å²) in [5, 5.41) is 24.0. The van der Waals surface area contributed by atoms with Gasteiger partial charge in [-0.05, 0) is 35.9 Å². The molecule has 3 aromatic rings. The van der Waals surface area contributed by atoms with Crippen molar-refractivity contribution in [1.29, 1.82) is 5.26 Å². The molecule has 8 nitrogen and oxygen atoms in total. The minimum absolute atomic E-state index is 0.0494. The van der Waals surface area contributed by atoms with Gasteiger partial charge in [0.15, 0.2) is 0 Å². The summed E-state index contributed by atoms with van der Waals surface area (Å²) in [5.41, 5.74) is 3.43. The number of nitrogens with one attached hydrogen (secondary N) is 1. The normalized spacial score (nSPS) is 10.3. The Hall–Kier alpha value is -4.51. The van der Waals surface area contributed by atoms with Gasteiger partial charge in [-0.1, -0.05) is 30.3 Å². The Morgan fingerprint density at radius 2 is 1.90 bits per heavy atom. The van der Waals surface area contributed by atoms with Crippen LogP contribution in [0.5, 0.6) is 11.5 Å². The van der Waals surface area contributed by atoms with E-state index in [0.29, 0.717) is 16.9 Å². The van der Waals surface area contributed by atoms with Crippen molar-refractivity contribution >= 4 is 17.8 Å². The third-order valence-electron chi connectivity index (χ3n) is 3.80. The molecule has 0 aromatic heterocycles. The first-order chi connectivity index (χ1) is 14.1. The lowest BCUT2D eigenvalue weighted by atomic mass is 10.2. The minimum Gasteiger partial charge on any atom is -0.456 e. The standard InChI is InChI=1S/C21H14N4O4/c22-13-17-12-18(25(27)28)9-10-20(17)29-19-8-4-5-15(11-19)14-23-24-21(26)16-6-2-1-3-7-16/h1-12,14H,(H,24,26). The van der Waals surface area contributed by atoms with Crippen molar-refractivity contribution in [3.8, 4) is 17.6 Å². The number of rotatable bonds is 6. The van der Waals surface area contributed by atoms with Gasteiger partial charge in [0, 0.05) is 17.7 Å². The number of nitriles is 1. The number of nitro benzene ring substituents is 1. The summed E-state index contributed by atoms with van der Waals surface area (Å²) in [5.74, 6) is 0.275. The van der Waals surface area contributed by atoms with Gasteiger partial charge < -0.3 is 4.74 Å². The highest BCUT2D eigenvalue weighted by atomic mass is 16.6. The molecule has 0 fully saturated rings. The average Bonchev–Trinajstić information content (AvgIpc) is 2.74. The molecule has 0 bridgehead atoms. The molecule has 0 saturated heterocycles. The first-order valence-electron chi connectivity index (χ1n) is 8.42. The van der Waals surface area contributed by atoms with Crippen LogP contribution in [0.15, 0.2) is 77.9 Å². The summed E-state index contributed by atoms with van der Waals surface area (Å²) in [7, 11) is 0. The molecule has 29 heavy (non-hydrogen) atoms. The third kappa shape index (κ3) is 5.02. The van der Waals surface area contributed by atoms with Crippen LogP contribution in [0, 0.1) is 21.4 Å². The zero-order valence-corrected chi connectivity index (χ0v) is 15.0. The largest absolute Gasteiger partial charge is 0.456 e. The molecule has 0 spiro atoms. The van der Waals surface area contributed by atoms with Gasteiger partial charge in [0.05, 0.1) is 11.1 Å². The number of ether oxygens (including phenoxy) is 1. The SMILES string of the molecule is N#Cc1cc([N+](=O)[O-])ccc1Oc1cccc(C=NNC(=O)c2ccccc2)c1. The molecule has 0 atom stereocenters. The van der Waals surface area contributed by atoms with E-state index >= 15 is 0 Å². The predicted molar refractivity (Wildman–Crippen MR) is 106 cm³/mol. The van der Waals surface area contributed by atoms with Crippen LogP contribution in [-0.4, -0.2) is 17.0 Å². The summed E-state index contributed by atoms with van der Waals surface area (Å²) < 4.78 is 5.68. The fraction of sp³-hybridized carbons (Fsp3) is 0. The van der Waals surface area contributed by atoms with Crippen molar-refractivity contribution in [3.05, 3.63) is 99.6 Å². The van der Waals surface area contributed by atoms with Crippen LogP contribution in [0.1, 0.15) is 21.5 Å². The second-order valence-corrected chi connectivity index (χ2v) is 5.79. The number of carbonyl (C=O) groups is 1. The van der Waals surface area contributed by atoms with E-state index in [4.69, 9.17) is 4.74 Å². The number of carbonyl (C=O) groups excluding carboxylic acids is 1. The average molecular weight is 386 g/mol. The Bertz CT molecular complexity index is 1120. The first-order valence-corrected chi connectivity index (χ1v) is 8.42. The molecule has 3 rings (SSSR count). The Balaban J connectivity index is 1.71. The van der Waals surface area contributed by atoms with Crippen LogP contribution in [-0.2, 0) is 0 Å². The highest BCUT2D eigenvalue weighted by Gasteiger charge is 2.12. The van der Waals surface area contributed by atoms with E-state index in [1.54, 1.807) is 48.5 Å². The summed E-state index contributed by atoms with van der Waals surface area (Å²) in [6.07, 6.45) is 1.45. The Kier molecular flexibility index (Phi) is 5.93. The molecule has 8 heteroatoms. The van der Waals surface area contributed by atoms with Gasteiger partial charge in [-0.3, -0.25) is 14.9 Å². The fourth-order valence-electron chi connectivity index (χ4n) is 2.41. The molecule has 142 valence electrons. The van der Waals surface area contributed by atoms with Gasteiger partial charge in [-0.2, -0.15) is 10.4 Å². The number of hydrazone groups is 1. The van der Waals surface area contributed by atoms with E-state index in [1.807, 2.05) is 12.1 Å². The molecule has 0 saturated carbocycles. The predicted octanol–water partition coefficient (Wildman–Crippen LogP) is 4.02. The highest BCUT2D eigenvalue weighted by molar-refractivity contribution is 5.94. The van der Waals surface area contributed by atoms with Crippen LogP contribution < -0.4 is 10.2 Å². The number of hydrogen-bond donors (Lipinski definition) is 1. The zero-order chi connectivity index (χ0) is 20.6. The van der Waals surface area contributed by atoms with Crippen molar-refractivity contribution in [1.82, 2.24) is 5.43 Å². The molecule has 1 N–H and O–H groups in total. The zero-order valence-electron chi connectivity index (χ0n) is 15.0. The molecular weight excluding hydrogens is 372 g/mol. The van der Waals surface area contributed by atoms with Crippen molar-refractivity contribution in [3.63, 3.8) is 0 Å². The summed E-state index contributed by atoms with van der Waals surface area (Å²) in [4.78, 5) is 22.2. The van der Waals surface area contributed by atoms with Crippen LogP contribution >= 0.6 is 0 Å². The summed E-state index contributed by atoms with van der Waals surface area (Å²) in [6.45, 7) is 0. The maximum atomic E-state index is 12.0. The Labute approximate surface area is 165 Å². The molecule has 0 heterocycles. The molecule has 0 aliphatic rings. The van der Waals surface area contributed by atoms with Gasteiger partial charge in [0.1, 0.15) is 23.1 Å². The lowest BCUT2D eigenvalue weighted by molar-refractivity contribution is -0.384. The van der Waals surface area contributed by atoms with Gasteiger partial charge in [-0.15, -0.1) is 0 Å². The lowest BCUT2D eigenvalue weighted by Crippen LogP contribution is -2.17. The number of nitrogens with zero attached hydrogens (tertiary/aromatic N) is 3. The van der Waals surface area contributed by atoms with Gasteiger partial charge >= 0.3 is 0 Å². The topological polar surface area (TPSA) is 118 Å². The second-order valence-electron chi connectivity index (χ2n) is 5.79. The molecule has 0 radical (unpaired) electrons. The summed E-state index contributed by atoms with van der Waals surface area (Å²) in [6, 6.07) is 21.1. The fourth-order valence-corrected chi connectivity index (χ4v) is 2.41. The third-order valence-corrected chi connectivity index (χ3v) is 3.80. The van der Waals surface area contributed by atoms with Gasteiger partial charge in [-0.25, -0.2) is 5.43 Å². The lowest BCUT2D eigenvalue weighted by Gasteiger charge is -2.08. The van der Waals surface area contributed by atoms with Crippen molar-refractivity contribution in [2.45, 2.75) is 0 Å². The maximum absolute atomic E-state index is 12.0. The van der Waals surface area contributed by atoms with Crippen molar-refractivity contribution in [2.24, 2.45) is 5.10 Å². The monoisotopic (exact) mass is 386 g/mol.